The van der Waals surface area contributed by atoms with Crippen molar-refractivity contribution in [3.8, 4) is 17.1 Å². The van der Waals surface area contributed by atoms with Gasteiger partial charge in [0.05, 0.1) is 12.7 Å². The van der Waals surface area contributed by atoms with Crippen molar-refractivity contribution in [1.82, 2.24) is 19.7 Å². The lowest BCUT2D eigenvalue weighted by molar-refractivity contribution is -0.137. The molecule has 5 nitrogen and oxygen atoms in total. The van der Waals surface area contributed by atoms with Crippen LogP contribution in [0.3, 0.4) is 0 Å². The second-order valence-corrected chi connectivity index (χ2v) is 9.91. The Morgan fingerprint density at radius 2 is 1.83 bits per heavy atom. The maximum absolute atomic E-state index is 12.9. The number of rotatable bonds is 9. The average Bonchev–Trinajstić information content (AvgIpc) is 3.22. The minimum Gasteiger partial charge on any atom is -0.497 e. The molecule has 2 heterocycles. The molecular weight excluding hydrogens is 489 g/mol. The van der Waals surface area contributed by atoms with Crippen molar-refractivity contribution in [3.05, 3.63) is 65.5 Å². The van der Waals surface area contributed by atoms with Crippen molar-refractivity contribution in [3.63, 3.8) is 0 Å². The van der Waals surface area contributed by atoms with E-state index in [1.165, 1.54) is 12.1 Å². The first-order chi connectivity index (χ1) is 16.8. The van der Waals surface area contributed by atoms with Gasteiger partial charge >= 0.3 is 6.18 Å². The van der Waals surface area contributed by atoms with Gasteiger partial charge in [-0.3, -0.25) is 0 Å². The second-order valence-electron chi connectivity index (χ2n) is 9.91. The summed E-state index contributed by atoms with van der Waals surface area (Å²) >= 11 is 0. The maximum atomic E-state index is 12.9. The topological polar surface area (TPSA) is 43.2 Å². The minimum absolute atomic E-state index is 0. The molecular formula is C27H32ClF3N4O. The first-order valence-corrected chi connectivity index (χ1v) is 12.2. The van der Waals surface area contributed by atoms with Crippen LogP contribution in [-0.4, -0.2) is 46.4 Å². The number of benzene rings is 2. The molecule has 0 unspecified atom stereocenters. The lowest BCUT2D eigenvalue weighted by Crippen LogP contribution is -2.27. The molecule has 0 amide bonds. The van der Waals surface area contributed by atoms with Crippen LogP contribution in [0.15, 0.2) is 48.5 Å². The number of hydrogen-bond acceptors (Lipinski definition) is 4. The van der Waals surface area contributed by atoms with Gasteiger partial charge in [0.1, 0.15) is 11.6 Å². The number of unbranched alkanes of at least 4 members (excludes halogenated alkanes) is 2. The number of aryl methyl sites for hydroxylation is 1. The molecule has 1 aliphatic carbocycles. The first kappa shape index (κ1) is 26.5. The summed E-state index contributed by atoms with van der Waals surface area (Å²) in [5.41, 5.74) is 1.55. The van der Waals surface area contributed by atoms with Crippen molar-refractivity contribution in [2.24, 2.45) is 13.0 Å². The zero-order chi connectivity index (χ0) is 24.6. The third-order valence-corrected chi connectivity index (χ3v) is 7.67. The Hall–Kier alpha value is -2.58. The van der Waals surface area contributed by atoms with Gasteiger partial charge in [-0.2, -0.15) is 13.2 Å². The molecule has 1 aliphatic heterocycles. The number of hydrogen-bond donors (Lipinski definition) is 0. The van der Waals surface area contributed by atoms with Crippen LogP contribution in [-0.2, 0) is 25.1 Å². The van der Waals surface area contributed by atoms with E-state index in [-0.39, 0.29) is 17.8 Å². The molecule has 2 fully saturated rings. The van der Waals surface area contributed by atoms with E-state index in [1.54, 1.807) is 19.2 Å². The monoisotopic (exact) mass is 520 g/mol. The Morgan fingerprint density at radius 1 is 1.06 bits per heavy atom. The van der Waals surface area contributed by atoms with Crippen LogP contribution in [0.4, 0.5) is 13.2 Å². The van der Waals surface area contributed by atoms with E-state index >= 15 is 0 Å². The maximum Gasteiger partial charge on any atom is 0.416 e. The Kier molecular flexibility index (Phi) is 7.67. The fraction of sp³-hybridized carbons (Fsp3) is 0.481. The highest BCUT2D eigenvalue weighted by Crippen LogP contribution is 2.59. The van der Waals surface area contributed by atoms with Crippen LogP contribution in [0.1, 0.15) is 42.6 Å². The lowest BCUT2D eigenvalue weighted by Gasteiger charge is -2.21. The molecule has 5 rings (SSSR count). The number of ether oxygens (including phenoxy) is 1. The standard InChI is InChI=1S/C27H31F3N4O.ClH/c1-33-24(31-32-25(33)19-7-6-8-23(15-19)35-2)9-4-3-5-14-34-17-22-16-26(22,18-34)20-10-12-21(13-11-20)27(28,29)30;/h6-8,10-13,15,22H,3-5,9,14,16-18H2,1-2H3;1H/t22-,26+;/m0./s1. The van der Waals surface area contributed by atoms with Crippen LogP contribution in [0.2, 0.25) is 0 Å². The molecule has 0 radical (unpaired) electrons. The summed E-state index contributed by atoms with van der Waals surface area (Å²) in [5.74, 6) is 3.19. The van der Waals surface area contributed by atoms with Crippen LogP contribution in [0, 0.1) is 5.92 Å². The SMILES string of the molecule is COc1cccc(-c2nnc(CCCCCN3C[C@@H]4C[C@]4(c4ccc(C(F)(F)F)cc4)C3)n2C)c1.Cl. The van der Waals surface area contributed by atoms with E-state index in [0.29, 0.717) is 5.92 Å². The number of nitrogens with zero attached hydrogens (tertiary/aromatic N) is 4. The highest BCUT2D eigenvalue weighted by Gasteiger charge is 2.60. The van der Waals surface area contributed by atoms with Gasteiger partial charge in [-0.15, -0.1) is 22.6 Å². The normalized spacial score (nSPS) is 21.2. The number of halogens is 4. The van der Waals surface area contributed by atoms with E-state index in [4.69, 9.17) is 4.74 Å². The predicted molar refractivity (Wildman–Crippen MR) is 135 cm³/mol. The number of methoxy groups -OCH3 is 1. The van der Waals surface area contributed by atoms with E-state index in [2.05, 4.69) is 19.7 Å². The van der Waals surface area contributed by atoms with Crippen LogP contribution < -0.4 is 4.74 Å². The Balaban J connectivity index is 0.00000304. The summed E-state index contributed by atoms with van der Waals surface area (Å²) in [5, 5.41) is 8.77. The van der Waals surface area contributed by atoms with Crippen molar-refractivity contribution < 1.29 is 17.9 Å². The molecule has 2 aliphatic rings. The molecule has 1 saturated carbocycles. The van der Waals surface area contributed by atoms with Gasteiger partial charge in [0, 0.05) is 37.5 Å². The lowest BCUT2D eigenvalue weighted by atomic mass is 9.94. The summed E-state index contributed by atoms with van der Waals surface area (Å²) in [6.07, 6.45) is 0.961. The second kappa shape index (κ2) is 10.4. The van der Waals surface area contributed by atoms with E-state index in [1.807, 2.05) is 31.3 Å². The van der Waals surface area contributed by atoms with E-state index in [9.17, 15) is 13.2 Å². The third-order valence-electron chi connectivity index (χ3n) is 7.67. The van der Waals surface area contributed by atoms with E-state index in [0.717, 1.165) is 80.3 Å². The Morgan fingerprint density at radius 3 is 2.56 bits per heavy atom. The molecule has 1 aromatic heterocycles. The molecule has 0 bridgehead atoms. The van der Waals surface area contributed by atoms with Gasteiger partial charge in [-0.1, -0.05) is 30.7 Å². The van der Waals surface area contributed by atoms with Crippen molar-refractivity contribution in [2.45, 2.75) is 43.7 Å². The molecule has 9 heteroatoms. The smallest absolute Gasteiger partial charge is 0.416 e. The summed E-state index contributed by atoms with van der Waals surface area (Å²) < 4.78 is 46.0. The number of fused-ring (bicyclic) bond motifs is 1. The Bertz CT molecular complexity index is 1180. The van der Waals surface area contributed by atoms with Crippen LogP contribution in [0.25, 0.3) is 11.4 Å². The van der Waals surface area contributed by atoms with Crippen molar-refractivity contribution in [1.29, 1.82) is 0 Å². The fourth-order valence-electron chi connectivity index (χ4n) is 5.58. The van der Waals surface area contributed by atoms with Gasteiger partial charge in [0.2, 0.25) is 0 Å². The molecule has 36 heavy (non-hydrogen) atoms. The zero-order valence-corrected chi connectivity index (χ0v) is 21.4. The average molecular weight is 521 g/mol. The number of alkyl halides is 3. The van der Waals surface area contributed by atoms with Crippen LogP contribution in [0.5, 0.6) is 5.75 Å². The molecule has 1 saturated heterocycles. The molecule has 0 N–H and O–H groups in total. The zero-order valence-electron chi connectivity index (χ0n) is 20.6. The summed E-state index contributed by atoms with van der Waals surface area (Å²) in [7, 11) is 3.66. The number of likely N-dealkylation sites (tertiary alicyclic amines) is 1. The predicted octanol–water partition coefficient (Wildman–Crippen LogP) is 5.92. The molecule has 0 spiro atoms. The van der Waals surface area contributed by atoms with Crippen molar-refractivity contribution >= 4 is 12.4 Å². The summed E-state index contributed by atoms with van der Waals surface area (Å²) in [6.45, 7) is 3.04. The van der Waals surface area contributed by atoms with Gasteiger partial charge in [-0.05, 0) is 61.6 Å². The van der Waals surface area contributed by atoms with Crippen LogP contribution >= 0.6 is 12.4 Å². The summed E-state index contributed by atoms with van der Waals surface area (Å²) in [4.78, 5) is 2.48. The van der Waals surface area contributed by atoms with Gasteiger partial charge in [0.25, 0.3) is 0 Å². The molecule has 194 valence electrons. The molecule has 2 aromatic carbocycles. The summed E-state index contributed by atoms with van der Waals surface area (Å²) in [6, 6.07) is 13.7. The first-order valence-electron chi connectivity index (χ1n) is 12.2. The number of aromatic nitrogens is 3. The Labute approximate surface area is 216 Å². The minimum atomic E-state index is -4.28. The van der Waals surface area contributed by atoms with Gasteiger partial charge in [-0.25, -0.2) is 0 Å². The van der Waals surface area contributed by atoms with Gasteiger partial charge < -0.3 is 14.2 Å². The van der Waals surface area contributed by atoms with Crippen molar-refractivity contribution in [2.75, 3.05) is 26.7 Å². The van der Waals surface area contributed by atoms with Gasteiger partial charge in [0.15, 0.2) is 5.82 Å². The highest BCUT2D eigenvalue weighted by atomic mass is 35.5. The molecule has 2 atom stereocenters. The molecule has 3 aromatic rings. The quantitative estimate of drug-likeness (QED) is 0.329. The largest absolute Gasteiger partial charge is 0.497 e. The highest BCUT2D eigenvalue weighted by molar-refractivity contribution is 5.85. The third kappa shape index (κ3) is 5.25. The van der Waals surface area contributed by atoms with E-state index < -0.39 is 11.7 Å². The number of piperidine rings is 1. The fourth-order valence-corrected chi connectivity index (χ4v) is 5.58.